The summed E-state index contributed by atoms with van der Waals surface area (Å²) in [5.41, 5.74) is 0.808. The lowest BCUT2D eigenvalue weighted by Crippen LogP contribution is -2.56. The van der Waals surface area contributed by atoms with Gasteiger partial charge in [0.25, 0.3) is 11.8 Å². The van der Waals surface area contributed by atoms with Crippen molar-refractivity contribution in [2.24, 2.45) is 0 Å². The molecule has 1 aliphatic heterocycles. The van der Waals surface area contributed by atoms with Gasteiger partial charge in [-0.05, 0) is 31.0 Å². The fourth-order valence-corrected chi connectivity index (χ4v) is 4.49. The Hall–Kier alpha value is -3.95. The van der Waals surface area contributed by atoms with Crippen LogP contribution in [0.15, 0.2) is 30.6 Å². The molecule has 1 aromatic carbocycles. The van der Waals surface area contributed by atoms with E-state index >= 15 is 0 Å². The molecule has 1 aliphatic rings. The highest BCUT2D eigenvalue weighted by molar-refractivity contribution is 5.97. The molecule has 3 heterocycles. The van der Waals surface area contributed by atoms with Crippen LogP contribution in [0.2, 0.25) is 0 Å². The molecule has 4 rings (SSSR count). The zero-order valence-electron chi connectivity index (χ0n) is 20.9. The van der Waals surface area contributed by atoms with Crippen LogP contribution in [0.25, 0.3) is 16.8 Å². The zero-order chi connectivity index (χ0) is 29.8. The van der Waals surface area contributed by atoms with Gasteiger partial charge in [-0.2, -0.15) is 31.4 Å². The highest BCUT2D eigenvalue weighted by Crippen LogP contribution is 2.39. The predicted octanol–water partition coefficient (Wildman–Crippen LogP) is 3.15. The van der Waals surface area contributed by atoms with Crippen molar-refractivity contribution >= 4 is 23.1 Å². The van der Waals surface area contributed by atoms with E-state index < -0.39 is 72.0 Å². The van der Waals surface area contributed by atoms with Gasteiger partial charge in [0.2, 0.25) is 5.60 Å². The quantitative estimate of drug-likeness (QED) is 0.401. The van der Waals surface area contributed by atoms with E-state index in [0.29, 0.717) is 16.9 Å². The van der Waals surface area contributed by atoms with Crippen LogP contribution >= 0.6 is 0 Å². The number of rotatable bonds is 5. The van der Waals surface area contributed by atoms with E-state index in [-0.39, 0.29) is 23.7 Å². The van der Waals surface area contributed by atoms with Gasteiger partial charge in [-0.25, -0.2) is 13.9 Å². The van der Waals surface area contributed by atoms with Crippen molar-refractivity contribution in [2.45, 2.75) is 50.4 Å². The molecule has 1 fully saturated rings. The minimum atomic E-state index is -5.31. The summed E-state index contributed by atoms with van der Waals surface area (Å²) in [4.78, 5) is 29.5. The van der Waals surface area contributed by atoms with E-state index in [2.05, 4.69) is 15.4 Å². The van der Waals surface area contributed by atoms with Gasteiger partial charge in [0, 0.05) is 17.7 Å². The maximum atomic E-state index is 14.7. The fraction of sp³-hybridized carbons (Fsp3) is 0.417. The van der Waals surface area contributed by atoms with Crippen LogP contribution in [0.5, 0.6) is 0 Å². The van der Waals surface area contributed by atoms with Crippen molar-refractivity contribution in [3.63, 3.8) is 0 Å². The molecule has 16 heteroatoms. The molecular formula is C24H23F7N6O3. The molecule has 0 bridgehead atoms. The third-order valence-corrected chi connectivity index (χ3v) is 6.74. The molecule has 216 valence electrons. The summed E-state index contributed by atoms with van der Waals surface area (Å²) in [6.45, 7) is 0.505. The van der Waals surface area contributed by atoms with Crippen molar-refractivity contribution in [1.29, 1.82) is 0 Å². The number of fused-ring (bicyclic) bond motifs is 1. The summed E-state index contributed by atoms with van der Waals surface area (Å²) < 4.78 is 96.0. The molecular weight excluding hydrogens is 553 g/mol. The maximum absolute atomic E-state index is 14.7. The minimum absolute atomic E-state index is 0.0372. The van der Waals surface area contributed by atoms with E-state index in [1.165, 1.54) is 18.2 Å². The van der Waals surface area contributed by atoms with Crippen LogP contribution in [0.1, 0.15) is 35.3 Å². The first kappa shape index (κ1) is 29.0. The average molecular weight is 576 g/mol. The molecule has 0 aliphatic carbocycles. The summed E-state index contributed by atoms with van der Waals surface area (Å²) in [5, 5.41) is 15.9. The molecule has 3 aromatic rings. The van der Waals surface area contributed by atoms with E-state index in [9.17, 15) is 45.4 Å². The van der Waals surface area contributed by atoms with Crippen LogP contribution in [0, 0.1) is 0 Å². The van der Waals surface area contributed by atoms with Gasteiger partial charge in [0.05, 0.1) is 23.8 Å². The topological polar surface area (TPSA) is 126 Å². The number of hydrogen-bond acceptors (Lipinski definition) is 6. The Balaban J connectivity index is 1.65. The Bertz CT molecular complexity index is 1470. The highest BCUT2D eigenvalue weighted by atomic mass is 19.4. The molecule has 3 atom stereocenters. The Kier molecular flexibility index (Phi) is 7.19. The van der Waals surface area contributed by atoms with Crippen LogP contribution in [-0.2, 0) is 17.4 Å². The first-order valence-electron chi connectivity index (χ1n) is 11.8. The number of carbonyl (C=O) groups excluding carboxylic acids is 2. The number of nitrogens with two attached hydrogens (primary N) is 1. The molecule has 4 N–H and O–H groups in total. The molecule has 0 saturated carbocycles. The monoisotopic (exact) mass is 576 g/mol. The lowest BCUT2D eigenvalue weighted by atomic mass is 9.99. The second-order valence-corrected chi connectivity index (χ2v) is 9.45. The fourth-order valence-electron chi connectivity index (χ4n) is 4.49. The molecule has 0 radical (unpaired) electrons. The molecule has 2 amide bonds. The lowest BCUT2D eigenvalue weighted by Gasteiger charge is -2.29. The number of benzene rings is 1. The number of anilines is 1. The van der Waals surface area contributed by atoms with Crippen molar-refractivity contribution < 1.29 is 45.4 Å². The summed E-state index contributed by atoms with van der Waals surface area (Å²) in [7, 11) is 0. The maximum Gasteiger partial charge on any atom is 0.426 e. The Labute approximate surface area is 221 Å². The first-order chi connectivity index (χ1) is 18.5. The number of nitrogens with one attached hydrogen (secondary N) is 1. The number of aromatic nitrogens is 3. The minimum Gasteiger partial charge on any atom is -0.382 e. The van der Waals surface area contributed by atoms with Gasteiger partial charge in [-0.3, -0.25) is 9.59 Å². The standard InChI is InChI=1S/C24H23F7N6O3/c1-3-11-4-5-12(17-7-14(23(26,27)28)18-19(32)33-10-34-37(17)18)6-13(11)20(38)35-16-9-36(8-15(16)25)21(39)22(2,40)24(29,30)31/h4-7,10,15-16,40H,3,8-9H2,1-2H3,(H,35,38)(H2,32,33,34)/t15-,16+,22+/m0/s1. The summed E-state index contributed by atoms with van der Waals surface area (Å²) in [5.74, 6) is -3.05. The van der Waals surface area contributed by atoms with Crippen molar-refractivity contribution in [3.05, 3.63) is 47.3 Å². The zero-order valence-corrected chi connectivity index (χ0v) is 20.9. The lowest BCUT2D eigenvalue weighted by molar-refractivity contribution is -0.249. The van der Waals surface area contributed by atoms with E-state index in [1.54, 1.807) is 6.92 Å². The normalized spacial score (nSPS) is 19.6. The summed E-state index contributed by atoms with van der Waals surface area (Å²) in [6.07, 6.45) is -10.8. The molecule has 0 spiro atoms. The number of nitrogen functional groups attached to an aromatic ring is 1. The number of nitrogens with zero attached hydrogens (tertiary/aromatic N) is 4. The van der Waals surface area contributed by atoms with E-state index in [4.69, 9.17) is 5.73 Å². The van der Waals surface area contributed by atoms with Crippen molar-refractivity contribution in [2.75, 3.05) is 18.8 Å². The molecule has 1 saturated heterocycles. The second kappa shape index (κ2) is 9.91. The number of amides is 2. The van der Waals surface area contributed by atoms with Crippen LogP contribution < -0.4 is 11.1 Å². The van der Waals surface area contributed by atoms with Gasteiger partial charge in [-0.1, -0.05) is 19.1 Å². The van der Waals surface area contributed by atoms with Crippen LogP contribution in [0.4, 0.5) is 36.6 Å². The molecule has 40 heavy (non-hydrogen) atoms. The number of hydrogen-bond donors (Lipinski definition) is 3. The average Bonchev–Trinajstić information content (AvgIpc) is 3.44. The Morgan fingerprint density at radius 3 is 2.42 bits per heavy atom. The highest BCUT2D eigenvalue weighted by Gasteiger charge is 2.58. The predicted molar refractivity (Wildman–Crippen MR) is 127 cm³/mol. The van der Waals surface area contributed by atoms with Crippen LogP contribution in [-0.4, -0.2) is 73.5 Å². The Morgan fingerprint density at radius 2 is 1.82 bits per heavy atom. The number of aliphatic hydroxyl groups is 1. The number of carbonyl (C=O) groups is 2. The summed E-state index contributed by atoms with van der Waals surface area (Å²) >= 11 is 0. The SMILES string of the molecule is CCc1ccc(-c2cc(C(F)(F)F)c3c(N)ncnn23)cc1C(=O)N[C@@H]1CN(C(=O)[C@@](C)(O)C(F)(F)F)C[C@@H]1F. The first-order valence-corrected chi connectivity index (χ1v) is 11.8. The van der Waals surface area contributed by atoms with Crippen molar-refractivity contribution in [3.8, 4) is 11.3 Å². The van der Waals surface area contributed by atoms with Gasteiger partial charge < -0.3 is 21.1 Å². The third-order valence-electron chi connectivity index (χ3n) is 6.74. The largest absolute Gasteiger partial charge is 0.426 e. The Morgan fingerprint density at radius 1 is 1.15 bits per heavy atom. The van der Waals surface area contributed by atoms with Crippen LogP contribution in [0.3, 0.4) is 0 Å². The van der Waals surface area contributed by atoms with Gasteiger partial charge >= 0.3 is 12.4 Å². The third kappa shape index (κ3) is 5.02. The number of halogens is 7. The number of likely N-dealkylation sites (tertiary alicyclic amines) is 1. The van der Waals surface area contributed by atoms with Gasteiger partial charge in [0.1, 0.15) is 18.0 Å². The van der Waals surface area contributed by atoms with Gasteiger partial charge in [0.15, 0.2) is 5.82 Å². The second-order valence-electron chi connectivity index (χ2n) is 9.45. The molecule has 9 nitrogen and oxygen atoms in total. The van der Waals surface area contributed by atoms with E-state index in [1.807, 2.05) is 0 Å². The summed E-state index contributed by atoms with van der Waals surface area (Å²) in [6, 6.07) is 3.61. The molecule has 0 unspecified atom stereocenters. The smallest absolute Gasteiger partial charge is 0.382 e. The van der Waals surface area contributed by atoms with Crippen molar-refractivity contribution in [1.82, 2.24) is 24.8 Å². The number of aryl methyl sites for hydroxylation is 1. The van der Waals surface area contributed by atoms with E-state index in [0.717, 1.165) is 16.9 Å². The number of alkyl halides is 7. The van der Waals surface area contributed by atoms with Gasteiger partial charge in [-0.15, -0.1) is 0 Å². The molecule has 2 aromatic heterocycles.